The molecule has 134 valence electrons. The van der Waals surface area contributed by atoms with Crippen molar-refractivity contribution in [2.24, 2.45) is 0 Å². The molecular weight excluding hydrogens is 336 g/mol. The highest BCUT2D eigenvalue weighted by molar-refractivity contribution is 8.00. The number of rotatable bonds is 3. The number of nitrogens with zero attached hydrogens (tertiary/aromatic N) is 1. The monoisotopic (exact) mass is 360 g/mol. The number of carbonyl (C=O) groups excluding carboxylic acids is 3. The average Bonchev–Trinajstić information content (AvgIpc) is 2.60. The Labute approximate surface area is 152 Å². The SMILES string of the molecule is Cc1ccc(SCC(=O)N2CC(=O)NC(=O)C23CCCCC3)cc1C. The summed E-state index contributed by atoms with van der Waals surface area (Å²) in [5.41, 5.74) is 1.58. The van der Waals surface area contributed by atoms with E-state index in [4.69, 9.17) is 0 Å². The number of thioether (sulfide) groups is 1. The van der Waals surface area contributed by atoms with Gasteiger partial charge in [0.15, 0.2) is 0 Å². The number of hydrogen-bond donors (Lipinski definition) is 1. The van der Waals surface area contributed by atoms with Gasteiger partial charge in [-0.1, -0.05) is 25.3 Å². The molecule has 3 rings (SSSR count). The number of aryl methyl sites for hydroxylation is 2. The topological polar surface area (TPSA) is 66.5 Å². The first kappa shape index (κ1) is 18.0. The Balaban J connectivity index is 1.74. The molecule has 2 aliphatic rings. The van der Waals surface area contributed by atoms with Gasteiger partial charge in [0.1, 0.15) is 12.1 Å². The molecule has 1 N–H and O–H groups in total. The smallest absolute Gasteiger partial charge is 0.252 e. The molecule has 1 aromatic carbocycles. The lowest BCUT2D eigenvalue weighted by Gasteiger charge is -2.47. The number of piperazine rings is 1. The van der Waals surface area contributed by atoms with Gasteiger partial charge in [0.25, 0.3) is 5.91 Å². The molecule has 1 spiro atoms. The Kier molecular flexibility index (Phi) is 5.18. The van der Waals surface area contributed by atoms with E-state index >= 15 is 0 Å². The molecule has 5 nitrogen and oxygen atoms in total. The zero-order valence-corrected chi connectivity index (χ0v) is 15.6. The molecule has 2 fully saturated rings. The van der Waals surface area contributed by atoms with Crippen molar-refractivity contribution in [3.63, 3.8) is 0 Å². The van der Waals surface area contributed by atoms with Crippen molar-refractivity contribution in [3.05, 3.63) is 29.3 Å². The molecule has 6 heteroatoms. The number of benzene rings is 1. The van der Waals surface area contributed by atoms with Gasteiger partial charge in [0.2, 0.25) is 11.8 Å². The quantitative estimate of drug-likeness (QED) is 0.665. The first-order valence-electron chi connectivity index (χ1n) is 8.77. The van der Waals surface area contributed by atoms with Crippen molar-refractivity contribution in [1.29, 1.82) is 0 Å². The van der Waals surface area contributed by atoms with E-state index in [2.05, 4.69) is 18.3 Å². The van der Waals surface area contributed by atoms with Crippen molar-refractivity contribution in [1.82, 2.24) is 10.2 Å². The van der Waals surface area contributed by atoms with Crippen molar-refractivity contribution in [2.45, 2.75) is 56.4 Å². The summed E-state index contributed by atoms with van der Waals surface area (Å²) in [5, 5.41) is 2.43. The van der Waals surface area contributed by atoms with Crippen LogP contribution in [-0.2, 0) is 14.4 Å². The predicted octanol–water partition coefficient (Wildman–Crippen LogP) is 2.58. The maximum absolute atomic E-state index is 12.9. The zero-order chi connectivity index (χ0) is 18.0. The van der Waals surface area contributed by atoms with Gasteiger partial charge in [-0.15, -0.1) is 11.8 Å². The van der Waals surface area contributed by atoms with Crippen LogP contribution in [0.5, 0.6) is 0 Å². The fourth-order valence-electron chi connectivity index (χ4n) is 3.69. The van der Waals surface area contributed by atoms with E-state index in [1.807, 2.05) is 19.1 Å². The minimum absolute atomic E-state index is 0.0158. The minimum atomic E-state index is -0.826. The zero-order valence-electron chi connectivity index (χ0n) is 14.8. The summed E-state index contributed by atoms with van der Waals surface area (Å²) in [7, 11) is 0. The van der Waals surface area contributed by atoms with E-state index in [0.717, 1.165) is 24.2 Å². The van der Waals surface area contributed by atoms with Gasteiger partial charge < -0.3 is 4.90 Å². The highest BCUT2D eigenvalue weighted by atomic mass is 32.2. The molecule has 1 aliphatic carbocycles. The maximum atomic E-state index is 12.9. The van der Waals surface area contributed by atoms with Crippen LogP contribution in [0.4, 0.5) is 0 Å². The molecule has 1 aliphatic heterocycles. The highest BCUT2D eigenvalue weighted by Crippen LogP contribution is 2.36. The van der Waals surface area contributed by atoms with E-state index < -0.39 is 5.54 Å². The van der Waals surface area contributed by atoms with Crippen molar-refractivity contribution in [2.75, 3.05) is 12.3 Å². The fraction of sp³-hybridized carbons (Fsp3) is 0.526. The van der Waals surface area contributed by atoms with Gasteiger partial charge in [0, 0.05) is 4.90 Å². The minimum Gasteiger partial charge on any atom is -0.318 e. The van der Waals surface area contributed by atoms with Crippen LogP contribution in [-0.4, -0.2) is 40.5 Å². The first-order chi connectivity index (χ1) is 11.9. The van der Waals surface area contributed by atoms with Crippen LogP contribution in [0.1, 0.15) is 43.2 Å². The summed E-state index contributed by atoms with van der Waals surface area (Å²) < 4.78 is 0. The molecule has 0 radical (unpaired) electrons. The van der Waals surface area contributed by atoms with Gasteiger partial charge in [-0.05, 0) is 49.9 Å². The molecular formula is C19H24N2O3S. The lowest BCUT2D eigenvalue weighted by Crippen LogP contribution is -2.69. The third kappa shape index (κ3) is 3.59. The van der Waals surface area contributed by atoms with Crippen molar-refractivity contribution in [3.8, 4) is 0 Å². The fourth-order valence-corrected chi connectivity index (χ4v) is 4.56. The Morgan fingerprint density at radius 3 is 2.56 bits per heavy atom. The normalized spacial score (nSPS) is 19.8. The summed E-state index contributed by atoms with van der Waals surface area (Å²) in [6.07, 6.45) is 4.19. The van der Waals surface area contributed by atoms with Gasteiger partial charge in [0.05, 0.1) is 5.75 Å². The number of nitrogens with one attached hydrogen (secondary N) is 1. The Morgan fingerprint density at radius 1 is 1.16 bits per heavy atom. The van der Waals surface area contributed by atoms with Crippen molar-refractivity contribution >= 4 is 29.5 Å². The largest absolute Gasteiger partial charge is 0.318 e. The molecule has 0 atom stereocenters. The molecule has 0 unspecified atom stereocenters. The van der Waals surface area contributed by atoms with Crippen LogP contribution >= 0.6 is 11.8 Å². The first-order valence-corrected chi connectivity index (χ1v) is 9.76. The summed E-state index contributed by atoms with van der Waals surface area (Å²) >= 11 is 1.46. The number of hydrogen-bond acceptors (Lipinski definition) is 4. The second-order valence-electron chi connectivity index (χ2n) is 6.98. The molecule has 25 heavy (non-hydrogen) atoms. The third-order valence-corrected chi connectivity index (χ3v) is 6.30. The Hall–Kier alpha value is -1.82. The lowest BCUT2D eigenvalue weighted by molar-refractivity contribution is -0.158. The predicted molar refractivity (Wildman–Crippen MR) is 97.3 cm³/mol. The molecule has 0 bridgehead atoms. The second-order valence-corrected chi connectivity index (χ2v) is 8.03. The van der Waals surface area contributed by atoms with Crippen LogP contribution in [0.3, 0.4) is 0 Å². The Bertz CT molecular complexity index is 711. The van der Waals surface area contributed by atoms with Gasteiger partial charge >= 0.3 is 0 Å². The van der Waals surface area contributed by atoms with Crippen LogP contribution in [0.25, 0.3) is 0 Å². The maximum Gasteiger partial charge on any atom is 0.252 e. The summed E-state index contributed by atoms with van der Waals surface area (Å²) in [4.78, 5) is 39.8. The van der Waals surface area contributed by atoms with E-state index in [9.17, 15) is 14.4 Å². The molecule has 1 aromatic rings. The van der Waals surface area contributed by atoms with Crippen LogP contribution < -0.4 is 5.32 Å². The molecule has 1 heterocycles. The highest BCUT2D eigenvalue weighted by Gasteiger charge is 2.50. The van der Waals surface area contributed by atoms with E-state index in [0.29, 0.717) is 12.8 Å². The lowest BCUT2D eigenvalue weighted by atomic mass is 9.78. The number of imide groups is 1. The second kappa shape index (κ2) is 7.20. The van der Waals surface area contributed by atoms with Crippen LogP contribution in [0.15, 0.2) is 23.1 Å². The molecule has 1 saturated heterocycles. The van der Waals surface area contributed by atoms with E-state index in [1.165, 1.54) is 22.9 Å². The van der Waals surface area contributed by atoms with Crippen LogP contribution in [0.2, 0.25) is 0 Å². The van der Waals surface area contributed by atoms with E-state index in [-0.39, 0.29) is 30.0 Å². The Morgan fingerprint density at radius 2 is 1.88 bits per heavy atom. The van der Waals surface area contributed by atoms with Gasteiger partial charge in [-0.3, -0.25) is 19.7 Å². The van der Waals surface area contributed by atoms with Crippen LogP contribution in [0, 0.1) is 13.8 Å². The summed E-state index contributed by atoms with van der Waals surface area (Å²) in [5.74, 6) is -0.572. The number of carbonyl (C=O) groups is 3. The number of amides is 3. The average molecular weight is 360 g/mol. The van der Waals surface area contributed by atoms with Gasteiger partial charge in [-0.2, -0.15) is 0 Å². The van der Waals surface area contributed by atoms with Gasteiger partial charge in [-0.25, -0.2) is 0 Å². The molecule has 1 saturated carbocycles. The molecule has 3 amide bonds. The summed E-state index contributed by atoms with van der Waals surface area (Å²) in [6.45, 7) is 4.09. The standard InChI is InChI=1S/C19H24N2O3S/c1-13-6-7-15(10-14(13)2)25-12-17(23)21-11-16(22)20-18(24)19(21)8-4-3-5-9-19/h6-7,10H,3-5,8-9,11-12H2,1-2H3,(H,20,22,24). The third-order valence-electron chi connectivity index (χ3n) is 5.32. The summed E-state index contributed by atoms with van der Waals surface area (Å²) in [6, 6.07) is 6.12. The van der Waals surface area contributed by atoms with E-state index in [1.54, 1.807) is 4.90 Å². The molecule has 0 aromatic heterocycles. The van der Waals surface area contributed by atoms with Crippen molar-refractivity contribution < 1.29 is 14.4 Å².